The molecule has 1 aromatic heterocycles. The third-order valence-electron chi connectivity index (χ3n) is 2.34. The van der Waals surface area contributed by atoms with Crippen molar-refractivity contribution < 1.29 is 5.11 Å². The second-order valence-corrected chi connectivity index (χ2v) is 3.28. The predicted molar refractivity (Wildman–Crippen MR) is 56.7 cm³/mol. The first-order valence-corrected chi connectivity index (χ1v) is 4.55. The Morgan fingerprint density at radius 1 is 1.29 bits per heavy atom. The maximum atomic E-state index is 9.31. The second kappa shape index (κ2) is 5.12. The zero-order valence-electron chi connectivity index (χ0n) is 7.83. The summed E-state index contributed by atoms with van der Waals surface area (Å²) < 4.78 is 0. The van der Waals surface area contributed by atoms with Crippen molar-refractivity contribution in [3.05, 3.63) is 18.6 Å². The van der Waals surface area contributed by atoms with Crippen LogP contribution in [0.5, 0.6) is 0 Å². The summed E-state index contributed by atoms with van der Waals surface area (Å²) in [4.78, 5) is 10.4. The van der Waals surface area contributed by atoms with Gasteiger partial charge in [0.2, 0.25) is 0 Å². The first-order valence-electron chi connectivity index (χ1n) is 4.55. The number of aromatic nitrogens is 2. The fraction of sp³-hybridized carbons (Fsp3) is 0.556. The Kier molecular flexibility index (Phi) is 4.10. The van der Waals surface area contributed by atoms with Gasteiger partial charge in [-0.1, -0.05) is 0 Å². The van der Waals surface area contributed by atoms with Gasteiger partial charge in [0.05, 0.1) is 12.3 Å². The van der Waals surface area contributed by atoms with E-state index in [1.807, 2.05) is 0 Å². The highest BCUT2D eigenvalue weighted by molar-refractivity contribution is 5.85. The van der Waals surface area contributed by atoms with E-state index in [1.165, 1.54) is 0 Å². The topological polar surface area (TPSA) is 49.2 Å². The molecule has 78 valence electrons. The number of nitrogens with zero attached hydrogens (tertiary/aromatic N) is 3. The van der Waals surface area contributed by atoms with Crippen LogP contribution in [0.4, 0.5) is 5.82 Å². The summed E-state index contributed by atoms with van der Waals surface area (Å²) in [5, 5.41) is 9.31. The first-order chi connectivity index (χ1) is 6.36. The van der Waals surface area contributed by atoms with E-state index < -0.39 is 0 Å². The molecule has 0 amide bonds. The third-order valence-corrected chi connectivity index (χ3v) is 2.34. The smallest absolute Gasteiger partial charge is 0.147 e. The zero-order chi connectivity index (χ0) is 9.10. The molecule has 1 aromatic rings. The van der Waals surface area contributed by atoms with Crippen LogP contribution in [0.25, 0.3) is 0 Å². The Labute approximate surface area is 89.4 Å². The van der Waals surface area contributed by atoms with Gasteiger partial charge in [-0.25, -0.2) is 4.98 Å². The molecule has 1 saturated heterocycles. The number of piperidine rings is 1. The summed E-state index contributed by atoms with van der Waals surface area (Å²) in [6, 6.07) is 0. The van der Waals surface area contributed by atoms with Crippen LogP contribution in [0.15, 0.2) is 18.6 Å². The number of hydrogen-bond donors (Lipinski definition) is 1. The van der Waals surface area contributed by atoms with Crippen molar-refractivity contribution in [2.75, 3.05) is 18.0 Å². The largest absolute Gasteiger partial charge is 0.393 e. The average Bonchev–Trinajstić information content (AvgIpc) is 2.20. The molecular weight excluding hydrogens is 202 g/mol. The van der Waals surface area contributed by atoms with Crippen molar-refractivity contribution in [1.29, 1.82) is 0 Å². The summed E-state index contributed by atoms with van der Waals surface area (Å²) >= 11 is 0. The van der Waals surface area contributed by atoms with Crippen LogP contribution >= 0.6 is 12.4 Å². The third kappa shape index (κ3) is 2.56. The van der Waals surface area contributed by atoms with Crippen molar-refractivity contribution in [3.63, 3.8) is 0 Å². The highest BCUT2D eigenvalue weighted by atomic mass is 35.5. The van der Waals surface area contributed by atoms with Crippen LogP contribution in [0.3, 0.4) is 0 Å². The number of hydrogen-bond acceptors (Lipinski definition) is 4. The van der Waals surface area contributed by atoms with Crippen LogP contribution in [-0.4, -0.2) is 34.3 Å². The Balaban J connectivity index is 0.000000980. The molecule has 0 spiro atoms. The molecule has 0 unspecified atom stereocenters. The maximum absolute atomic E-state index is 9.31. The molecule has 2 rings (SSSR count). The Morgan fingerprint density at radius 3 is 2.57 bits per heavy atom. The summed E-state index contributed by atoms with van der Waals surface area (Å²) in [6.07, 6.45) is 6.65. The normalized spacial score (nSPS) is 17.6. The molecular formula is C9H14ClN3O. The lowest BCUT2D eigenvalue weighted by Gasteiger charge is -2.29. The molecule has 0 aromatic carbocycles. The Morgan fingerprint density at radius 2 is 2.00 bits per heavy atom. The SMILES string of the molecule is Cl.OC1CCN(c2cnccn2)CC1. The van der Waals surface area contributed by atoms with E-state index in [1.54, 1.807) is 18.6 Å². The maximum Gasteiger partial charge on any atom is 0.147 e. The number of halogens is 1. The number of aliphatic hydroxyl groups excluding tert-OH is 1. The molecule has 1 N–H and O–H groups in total. The number of aliphatic hydroxyl groups is 1. The molecule has 0 radical (unpaired) electrons. The first kappa shape index (κ1) is 11.2. The van der Waals surface area contributed by atoms with Gasteiger partial charge in [0.1, 0.15) is 5.82 Å². The monoisotopic (exact) mass is 215 g/mol. The van der Waals surface area contributed by atoms with Crippen molar-refractivity contribution in [2.24, 2.45) is 0 Å². The van der Waals surface area contributed by atoms with E-state index in [9.17, 15) is 5.11 Å². The molecule has 4 nitrogen and oxygen atoms in total. The number of anilines is 1. The summed E-state index contributed by atoms with van der Waals surface area (Å²) in [5.41, 5.74) is 0. The number of rotatable bonds is 1. The lowest BCUT2D eigenvalue weighted by Crippen LogP contribution is -2.36. The molecule has 1 aliphatic rings. The van der Waals surface area contributed by atoms with Gasteiger partial charge in [0, 0.05) is 25.5 Å². The Bertz CT molecular complexity index is 262. The van der Waals surface area contributed by atoms with Gasteiger partial charge >= 0.3 is 0 Å². The van der Waals surface area contributed by atoms with Crippen LogP contribution in [0.1, 0.15) is 12.8 Å². The molecule has 2 heterocycles. The van der Waals surface area contributed by atoms with Gasteiger partial charge in [0.25, 0.3) is 0 Å². The zero-order valence-corrected chi connectivity index (χ0v) is 8.65. The van der Waals surface area contributed by atoms with Crippen molar-refractivity contribution >= 4 is 18.2 Å². The molecule has 14 heavy (non-hydrogen) atoms. The molecule has 0 saturated carbocycles. The fourth-order valence-electron chi connectivity index (χ4n) is 1.55. The second-order valence-electron chi connectivity index (χ2n) is 3.28. The molecule has 0 bridgehead atoms. The van der Waals surface area contributed by atoms with E-state index >= 15 is 0 Å². The van der Waals surface area contributed by atoms with Crippen molar-refractivity contribution in [2.45, 2.75) is 18.9 Å². The molecule has 0 aliphatic carbocycles. The average molecular weight is 216 g/mol. The molecule has 1 aliphatic heterocycles. The van der Waals surface area contributed by atoms with Crippen molar-refractivity contribution in [1.82, 2.24) is 9.97 Å². The summed E-state index contributed by atoms with van der Waals surface area (Å²) in [5.74, 6) is 0.911. The Hall–Kier alpha value is -0.870. The minimum Gasteiger partial charge on any atom is -0.393 e. The lowest BCUT2D eigenvalue weighted by atomic mass is 10.1. The fourth-order valence-corrected chi connectivity index (χ4v) is 1.55. The van der Waals surface area contributed by atoms with Gasteiger partial charge < -0.3 is 10.0 Å². The van der Waals surface area contributed by atoms with Gasteiger partial charge in [-0.3, -0.25) is 4.98 Å². The van der Waals surface area contributed by atoms with Gasteiger partial charge in [-0.2, -0.15) is 0 Å². The van der Waals surface area contributed by atoms with E-state index in [0.717, 1.165) is 31.7 Å². The standard InChI is InChI=1S/C9H13N3O.ClH/c13-8-1-5-12(6-2-8)9-7-10-3-4-11-9;/h3-4,7-8,13H,1-2,5-6H2;1H. The minimum atomic E-state index is -0.132. The predicted octanol–water partition coefficient (Wildman–Crippen LogP) is 0.859. The van der Waals surface area contributed by atoms with E-state index in [2.05, 4.69) is 14.9 Å². The highest BCUT2D eigenvalue weighted by Gasteiger charge is 2.17. The van der Waals surface area contributed by atoms with Crippen LogP contribution in [0, 0.1) is 0 Å². The van der Waals surface area contributed by atoms with Crippen LogP contribution in [-0.2, 0) is 0 Å². The lowest BCUT2D eigenvalue weighted by molar-refractivity contribution is 0.145. The van der Waals surface area contributed by atoms with E-state index in [0.29, 0.717) is 0 Å². The summed E-state index contributed by atoms with van der Waals surface area (Å²) in [7, 11) is 0. The van der Waals surface area contributed by atoms with Crippen LogP contribution in [0.2, 0.25) is 0 Å². The van der Waals surface area contributed by atoms with E-state index in [4.69, 9.17) is 0 Å². The van der Waals surface area contributed by atoms with Gasteiger partial charge in [-0.15, -0.1) is 12.4 Å². The summed E-state index contributed by atoms with van der Waals surface area (Å²) in [6.45, 7) is 1.75. The minimum absolute atomic E-state index is 0. The highest BCUT2D eigenvalue weighted by Crippen LogP contribution is 2.15. The quantitative estimate of drug-likeness (QED) is 0.755. The van der Waals surface area contributed by atoms with Gasteiger partial charge in [0.15, 0.2) is 0 Å². The molecule has 0 atom stereocenters. The van der Waals surface area contributed by atoms with Gasteiger partial charge in [-0.05, 0) is 12.8 Å². The van der Waals surface area contributed by atoms with Crippen molar-refractivity contribution in [3.8, 4) is 0 Å². The van der Waals surface area contributed by atoms with E-state index in [-0.39, 0.29) is 18.5 Å². The van der Waals surface area contributed by atoms with Crippen LogP contribution < -0.4 is 4.90 Å². The molecule has 1 fully saturated rings. The molecule has 5 heteroatoms.